The molecule has 2 rings (SSSR count). The summed E-state index contributed by atoms with van der Waals surface area (Å²) < 4.78 is 4.68. The second-order valence-electron chi connectivity index (χ2n) is 7.09. The van der Waals surface area contributed by atoms with Crippen molar-refractivity contribution in [2.75, 3.05) is 24.3 Å². The molecule has 0 aliphatic rings. The zero-order valence-electron chi connectivity index (χ0n) is 16.6. The van der Waals surface area contributed by atoms with Crippen LogP contribution in [0.4, 0.5) is 11.4 Å². The van der Waals surface area contributed by atoms with E-state index < -0.39 is 0 Å². The van der Waals surface area contributed by atoms with Crippen molar-refractivity contribution in [1.82, 2.24) is 0 Å². The maximum atomic E-state index is 12.5. The number of methoxy groups -OCH3 is 1. The van der Waals surface area contributed by atoms with Crippen molar-refractivity contribution >= 4 is 23.3 Å². The molecule has 0 unspecified atom stereocenters. The van der Waals surface area contributed by atoms with Gasteiger partial charge >= 0.3 is 5.97 Å². The number of hydrogen-bond acceptors (Lipinski definition) is 4. The Hall–Kier alpha value is -2.82. The molecule has 2 aromatic rings. The van der Waals surface area contributed by atoms with Crippen LogP contribution in [0, 0.1) is 0 Å². The van der Waals surface area contributed by atoms with Crippen molar-refractivity contribution in [2.24, 2.45) is 0 Å². The lowest BCUT2D eigenvalue weighted by molar-refractivity contribution is -0.114. The van der Waals surface area contributed by atoms with Crippen molar-refractivity contribution < 1.29 is 14.3 Å². The summed E-state index contributed by atoms with van der Waals surface area (Å²) in [5.74, 6) is 0.142. The van der Waals surface area contributed by atoms with Gasteiger partial charge in [-0.1, -0.05) is 45.9 Å². The van der Waals surface area contributed by atoms with Crippen LogP contribution in [0.5, 0.6) is 0 Å². The molecular weight excluding hydrogens is 340 g/mol. The Kier molecular flexibility index (Phi) is 6.99. The Bertz CT molecular complexity index is 769. The molecule has 5 nitrogen and oxygen atoms in total. The summed E-state index contributed by atoms with van der Waals surface area (Å²) in [5.41, 5.74) is 4.42. The largest absolute Gasteiger partial charge is 0.465 e. The molecule has 0 atom stereocenters. The molecule has 0 saturated carbocycles. The Morgan fingerprint density at radius 3 is 1.96 bits per heavy atom. The van der Waals surface area contributed by atoms with Gasteiger partial charge in [-0.15, -0.1) is 0 Å². The van der Waals surface area contributed by atoms with Crippen LogP contribution in [0.1, 0.15) is 61.0 Å². The number of carbonyl (C=O) groups excluding carboxylic acids is 2. The van der Waals surface area contributed by atoms with Crippen molar-refractivity contribution in [2.45, 2.75) is 39.5 Å². The van der Waals surface area contributed by atoms with E-state index in [0.717, 1.165) is 22.5 Å². The number of benzene rings is 2. The number of carbonyl (C=O) groups is 2. The summed E-state index contributed by atoms with van der Waals surface area (Å²) in [7, 11) is 1.35. The van der Waals surface area contributed by atoms with E-state index in [2.05, 4.69) is 55.2 Å². The Morgan fingerprint density at radius 2 is 1.48 bits per heavy atom. The SMILES string of the molecule is COC(=O)c1ccc(NCC(=O)Nc2c(C(C)C)cccc2C(C)C)cc1. The quantitative estimate of drug-likeness (QED) is 0.691. The molecule has 144 valence electrons. The Balaban J connectivity index is 2.07. The van der Waals surface area contributed by atoms with Crippen molar-refractivity contribution in [3.8, 4) is 0 Å². The molecule has 0 saturated heterocycles. The van der Waals surface area contributed by atoms with Gasteiger partial charge in [0.15, 0.2) is 0 Å². The van der Waals surface area contributed by atoms with Gasteiger partial charge in [0.05, 0.1) is 19.2 Å². The Morgan fingerprint density at radius 1 is 0.926 bits per heavy atom. The van der Waals surface area contributed by atoms with Crippen molar-refractivity contribution in [3.05, 3.63) is 59.2 Å². The van der Waals surface area contributed by atoms with Gasteiger partial charge in [0.2, 0.25) is 5.91 Å². The topological polar surface area (TPSA) is 67.4 Å². The highest BCUT2D eigenvalue weighted by Gasteiger charge is 2.15. The minimum Gasteiger partial charge on any atom is -0.465 e. The fourth-order valence-electron chi connectivity index (χ4n) is 2.90. The third-order valence-corrected chi connectivity index (χ3v) is 4.40. The normalized spacial score (nSPS) is 10.8. The molecule has 0 aliphatic carbocycles. The van der Waals surface area contributed by atoms with E-state index in [1.807, 2.05) is 6.07 Å². The van der Waals surface area contributed by atoms with Crippen LogP contribution >= 0.6 is 0 Å². The van der Waals surface area contributed by atoms with Crippen LogP contribution in [0.3, 0.4) is 0 Å². The lowest BCUT2D eigenvalue weighted by Gasteiger charge is -2.20. The first-order chi connectivity index (χ1) is 12.8. The lowest BCUT2D eigenvalue weighted by Crippen LogP contribution is -2.23. The van der Waals surface area contributed by atoms with Gasteiger partial charge in [-0.25, -0.2) is 4.79 Å². The predicted molar refractivity (Wildman–Crippen MR) is 110 cm³/mol. The van der Waals surface area contributed by atoms with Crippen LogP contribution in [0.15, 0.2) is 42.5 Å². The maximum absolute atomic E-state index is 12.5. The molecule has 0 fully saturated rings. The average Bonchev–Trinajstić information content (AvgIpc) is 2.65. The predicted octanol–water partition coefficient (Wildman–Crippen LogP) is 4.77. The van der Waals surface area contributed by atoms with Crippen LogP contribution in [0.2, 0.25) is 0 Å². The molecule has 0 bridgehead atoms. The number of ether oxygens (including phenoxy) is 1. The highest BCUT2D eigenvalue weighted by Crippen LogP contribution is 2.32. The standard InChI is InChI=1S/C22H28N2O3/c1-14(2)18-7-6-8-19(15(3)4)21(18)24-20(25)13-23-17-11-9-16(10-12-17)22(26)27-5/h6-12,14-15,23H,13H2,1-5H3,(H,24,25). The monoisotopic (exact) mass is 368 g/mol. The van der Waals surface area contributed by atoms with Gasteiger partial charge in [0, 0.05) is 11.4 Å². The third-order valence-electron chi connectivity index (χ3n) is 4.40. The summed E-state index contributed by atoms with van der Waals surface area (Å²) in [6.45, 7) is 8.63. The van der Waals surface area contributed by atoms with E-state index in [0.29, 0.717) is 17.4 Å². The van der Waals surface area contributed by atoms with Crippen LogP contribution in [-0.2, 0) is 9.53 Å². The van der Waals surface area contributed by atoms with Gasteiger partial charge in [-0.05, 0) is 47.2 Å². The summed E-state index contributed by atoms with van der Waals surface area (Å²) in [6, 6.07) is 13.0. The number of esters is 1. The molecule has 0 aromatic heterocycles. The maximum Gasteiger partial charge on any atom is 0.337 e. The molecule has 2 N–H and O–H groups in total. The van der Waals surface area contributed by atoms with E-state index in [1.54, 1.807) is 24.3 Å². The van der Waals surface area contributed by atoms with E-state index in [1.165, 1.54) is 7.11 Å². The third kappa shape index (κ3) is 5.33. The molecule has 5 heteroatoms. The molecule has 27 heavy (non-hydrogen) atoms. The first kappa shape index (κ1) is 20.5. The smallest absolute Gasteiger partial charge is 0.337 e. The minimum atomic E-state index is -0.384. The van der Waals surface area contributed by atoms with Gasteiger partial charge in [0.1, 0.15) is 0 Å². The van der Waals surface area contributed by atoms with Gasteiger partial charge in [-0.2, -0.15) is 0 Å². The minimum absolute atomic E-state index is 0.109. The number of para-hydroxylation sites is 1. The summed E-state index contributed by atoms with van der Waals surface area (Å²) in [5, 5.41) is 6.16. The average molecular weight is 368 g/mol. The lowest BCUT2D eigenvalue weighted by atomic mass is 9.92. The number of amides is 1. The highest BCUT2D eigenvalue weighted by atomic mass is 16.5. The Labute approximate surface area is 161 Å². The van der Waals surface area contributed by atoms with Gasteiger partial charge in [0.25, 0.3) is 0 Å². The highest BCUT2D eigenvalue weighted by molar-refractivity contribution is 5.95. The van der Waals surface area contributed by atoms with E-state index >= 15 is 0 Å². The molecule has 0 heterocycles. The second-order valence-corrected chi connectivity index (χ2v) is 7.09. The fourth-order valence-corrected chi connectivity index (χ4v) is 2.90. The van der Waals surface area contributed by atoms with Crippen molar-refractivity contribution in [1.29, 1.82) is 0 Å². The zero-order valence-corrected chi connectivity index (χ0v) is 16.6. The zero-order chi connectivity index (χ0) is 20.0. The summed E-state index contributed by atoms with van der Waals surface area (Å²) in [6.07, 6.45) is 0. The number of hydrogen-bond donors (Lipinski definition) is 2. The number of rotatable bonds is 7. The molecular formula is C22H28N2O3. The number of anilines is 2. The molecule has 0 spiro atoms. The summed E-state index contributed by atoms with van der Waals surface area (Å²) in [4.78, 5) is 24.0. The molecule has 0 radical (unpaired) electrons. The summed E-state index contributed by atoms with van der Waals surface area (Å²) >= 11 is 0. The van der Waals surface area contributed by atoms with Crippen LogP contribution < -0.4 is 10.6 Å². The van der Waals surface area contributed by atoms with Gasteiger partial charge < -0.3 is 15.4 Å². The first-order valence-electron chi connectivity index (χ1n) is 9.18. The van der Waals surface area contributed by atoms with E-state index in [4.69, 9.17) is 0 Å². The molecule has 1 amide bonds. The van der Waals surface area contributed by atoms with Gasteiger partial charge in [-0.3, -0.25) is 4.79 Å². The van der Waals surface area contributed by atoms with Crippen LogP contribution in [-0.4, -0.2) is 25.5 Å². The number of nitrogens with one attached hydrogen (secondary N) is 2. The van der Waals surface area contributed by atoms with E-state index in [9.17, 15) is 9.59 Å². The van der Waals surface area contributed by atoms with E-state index in [-0.39, 0.29) is 18.4 Å². The molecule has 0 aliphatic heterocycles. The van der Waals surface area contributed by atoms with Crippen molar-refractivity contribution in [3.63, 3.8) is 0 Å². The first-order valence-corrected chi connectivity index (χ1v) is 9.18. The molecule has 2 aromatic carbocycles. The van der Waals surface area contributed by atoms with Crippen LogP contribution in [0.25, 0.3) is 0 Å². The second kappa shape index (κ2) is 9.21. The fraction of sp³-hybridized carbons (Fsp3) is 0.364.